The smallest absolute Gasteiger partial charge is 0.274 e. The predicted octanol–water partition coefficient (Wildman–Crippen LogP) is 5.05. The summed E-state index contributed by atoms with van der Waals surface area (Å²) in [4.78, 5) is 23.4. The molecule has 0 N–H and O–H groups in total. The van der Waals surface area contributed by atoms with Crippen molar-refractivity contribution >= 4 is 33.8 Å². The lowest BCUT2D eigenvalue weighted by atomic mass is 9.90. The standard InChI is InChI=1S/C23H27ClN4OS/c24-19-8-6-17(7-9-19)18-5-4-10-26(15-18)16-20-21(25-23-28(20)13-14-30-23)22(29)27-11-2-1-3-12-27/h6-9,13-14,18H,1-5,10-12,15-16H2. The molecule has 1 amide bonds. The fraction of sp³-hybridized carbons (Fsp3) is 0.478. The molecule has 0 bridgehead atoms. The molecular formula is C23H27ClN4OS. The third-order valence-electron chi connectivity index (χ3n) is 6.43. The van der Waals surface area contributed by atoms with Crippen LogP contribution in [0.3, 0.4) is 0 Å². The molecule has 30 heavy (non-hydrogen) atoms. The van der Waals surface area contributed by atoms with E-state index in [9.17, 15) is 4.79 Å². The number of nitrogens with zero attached hydrogens (tertiary/aromatic N) is 4. The highest BCUT2D eigenvalue weighted by Crippen LogP contribution is 2.30. The molecule has 1 aromatic carbocycles. The van der Waals surface area contributed by atoms with E-state index in [1.807, 2.05) is 22.4 Å². The van der Waals surface area contributed by atoms with Crippen molar-refractivity contribution in [2.45, 2.75) is 44.6 Å². The van der Waals surface area contributed by atoms with E-state index in [0.29, 0.717) is 11.6 Å². The number of hydrogen-bond donors (Lipinski definition) is 0. The van der Waals surface area contributed by atoms with Gasteiger partial charge in [-0.1, -0.05) is 23.7 Å². The van der Waals surface area contributed by atoms with E-state index >= 15 is 0 Å². The molecule has 1 atom stereocenters. The number of hydrogen-bond acceptors (Lipinski definition) is 4. The van der Waals surface area contributed by atoms with Crippen molar-refractivity contribution in [1.82, 2.24) is 19.2 Å². The van der Waals surface area contributed by atoms with Crippen LogP contribution in [0, 0.1) is 0 Å². The van der Waals surface area contributed by atoms with Crippen LogP contribution in [0.2, 0.25) is 5.02 Å². The fourth-order valence-electron chi connectivity index (χ4n) is 4.82. The maximum Gasteiger partial charge on any atom is 0.274 e. The van der Waals surface area contributed by atoms with Gasteiger partial charge in [0.15, 0.2) is 10.7 Å². The minimum Gasteiger partial charge on any atom is -0.337 e. The first-order chi connectivity index (χ1) is 14.7. The summed E-state index contributed by atoms with van der Waals surface area (Å²) in [5.74, 6) is 0.606. The summed E-state index contributed by atoms with van der Waals surface area (Å²) in [6, 6.07) is 8.27. The van der Waals surface area contributed by atoms with Gasteiger partial charge in [0.2, 0.25) is 0 Å². The van der Waals surface area contributed by atoms with Crippen LogP contribution >= 0.6 is 22.9 Å². The third kappa shape index (κ3) is 4.01. The molecule has 1 unspecified atom stereocenters. The van der Waals surface area contributed by atoms with Crippen molar-refractivity contribution in [3.8, 4) is 0 Å². The number of carbonyl (C=O) groups is 1. The Morgan fingerprint density at radius 1 is 1.10 bits per heavy atom. The van der Waals surface area contributed by atoms with Gasteiger partial charge in [0.05, 0.1) is 5.69 Å². The van der Waals surface area contributed by atoms with Crippen LogP contribution in [-0.2, 0) is 6.54 Å². The van der Waals surface area contributed by atoms with Crippen molar-refractivity contribution in [1.29, 1.82) is 0 Å². The van der Waals surface area contributed by atoms with Crippen LogP contribution in [0.5, 0.6) is 0 Å². The van der Waals surface area contributed by atoms with Gasteiger partial charge in [0, 0.05) is 42.8 Å². The molecule has 2 aromatic heterocycles. The van der Waals surface area contributed by atoms with Gasteiger partial charge in [0.1, 0.15) is 0 Å². The maximum absolute atomic E-state index is 13.3. The summed E-state index contributed by atoms with van der Waals surface area (Å²) in [5, 5.41) is 2.83. The molecule has 2 fully saturated rings. The van der Waals surface area contributed by atoms with Crippen LogP contribution in [0.4, 0.5) is 0 Å². The Morgan fingerprint density at radius 3 is 2.70 bits per heavy atom. The summed E-state index contributed by atoms with van der Waals surface area (Å²) >= 11 is 7.67. The number of likely N-dealkylation sites (tertiary alicyclic amines) is 2. The minimum atomic E-state index is 0.104. The van der Waals surface area contributed by atoms with Crippen molar-refractivity contribution in [3.05, 3.63) is 57.8 Å². The molecule has 0 radical (unpaired) electrons. The first kappa shape index (κ1) is 20.0. The maximum atomic E-state index is 13.3. The molecule has 0 aliphatic carbocycles. The van der Waals surface area contributed by atoms with E-state index in [2.05, 4.69) is 27.6 Å². The zero-order valence-corrected chi connectivity index (χ0v) is 18.7. The first-order valence-corrected chi connectivity index (χ1v) is 12.2. The Bertz CT molecular complexity index is 1020. The summed E-state index contributed by atoms with van der Waals surface area (Å²) in [6.07, 6.45) is 7.81. The average Bonchev–Trinajstić information content (AvgIpc) is 3.37. The predicted molar refractivity (Wildman–Crippen MR) is 122 cm³/mol. The van der Waals surface area contributed by atoms with Gasteiger partial charge < -0.3 is 4.90 Å². The second kappa shape index (κ2) is 8.69. The van der Waals surface area contributed by atoms with E-state index in [-0.39, 0.29) is 5.91 Å². The zero-order chi connectivity index (χ0) is 20.5. The number of fused-ring (bicyclic) bond motifs is 1. The molecular weight excluding hydrogens is 416 g/mol. The van der Waals surface area contributed by atoms with E-state index in [1.54, 1.807) is 11.3 Å². The van der Waals surface area contributed by atoms with Gasteiger partial charge in [-0.05, 0) is 62.3 Å². The minimum absolute atomic E-state index is 0.104. The van der Waals surface area contributed by atoms with Gasteiger partial charge in [0.25, 0.3) is 5.91 Å². The average molecular weight is 443 g/mol. The highest BCUT2D eigenvalue weighted by Gasteiger charge is 2.28. The molecule has 5 rings (SSSR count). The third-order valence-corrected chi connectivity index (χ3v) is 7.44. The normalized spacial score (nSPS) is 20.7. The number of rotatable bonds is 4. The summed E-state index contributed by atoms with van der Waals surface area (Å²) < 4.78 is 2.12. The molecule has 158 valence electrons. The van der Waals surface area contributed by atoms with E-state index in [4.69, 9.17) is 16.6 Å². The fourth-order valence-corrected chi connectivity index (χ4v) is 5.68. The van der Waals surface area contributed by atoms with E-state index in [1.165, 1.54) is 18.4 Å². The molecule has 3 aromatic rings. The quantitative estimate of drug-likeness (QED) is 0.567. The monoisotopic (exact) mass is 442 g/mol. The van der Waals surface area contributed by atoms with Crippen molar-refractivity contribution in [2.75, 3.05) is 26.2 Å². The number of halogens is 1. The molecule has 0 saturated carbocycles. The molecule has 2 saturated heterocycles. The van der Waals surface area contributed by atoms with Crippen molar-refractivity contribution in [3.63, 3.8) is 0 Å². The SMILES string of the molecule is O=C(c1nc2sccn2c1CN1CCCC(c2ccc(Cl)cc2)C1)N1CCCCC1. The van der Waals surface area contributed by atoms with Crippen LogP contribution in [0.1, 0.15) is 59.8 Å². The second-order valence-corrected chi connectivity index (χ2v) is 9.75. The van der Waals surface area contributed by atoms with E-state index < -0.39 is 0 Å². The van der Waals surface area contributed by atoms with Crippen LogP contribution in [-0.4, -0.2) is 51.3 Å². The van der Waals surface area contributed by atoms with Gasteiger partial charge in [-0.15, -0.1) is 11.3 Å². The van der Waals surface area contributed by atoms with Gasteiger partial charge in [-0.3, -0.25) is 14.1 Å². The lowest BCUT2D eigenvalue weighted by Crippen LogP contribution is -2.38. The van der Waals surface area contributed by atoms with E-state index in [0.717, 1.165) is 67.7 Å². The summed E-state index contributed by atoms with van der Waals surface area (Å²) in [6.45, 7) is 4.52. The molecule has 4 heterocycles. The molecule has 2 aliphatic rings. The second-order valence-electron chi connectivity index (χ2n) is 8.44. The number of thiazole rings is 1. The Kier molecular flexibility index (Phi) is 5.81. The Hall–Kier alpha value is -1.89. The Labute approximate surface area is 186 Å². The largest absolute Gasteiger partial charge is 0.337 e. The Balaban J connectivity index is 1.38. The van der Waals surface area contributed by atoms with Crippen molar-refractivity contribution < 1.29 is 4.79 Å². The molecule has 0 spiro atoms. The van der Waals surface area contributed by atoms with Crippen LogP contribution < -0.4 is 0 Å². The van der Waals surface area contributed by atoms with Gasteiger partial charge in [-0.2, -0.15) is 0 Å². The zero-order valence-electron chi connectivity index (χ0n) is 17.1. The number of carbonyl (C=O) groups excluding carboxylic acids is 1. The topological polar surface area (TPSA) is 40.9 Å². The van der Waals surface area contributed by atoms with Gasteiger partial charge in [-0.25, -0.2) is 4.98 Å². The number of imidazole rings is 1. The lowest BCUT2D eigenvalue weighted by Gasteiger charge is -2.33. The first-order valence-electron chi connectivity index (χ1n) is 10.9. The lowest BCUT2D eigenvalue weighted by molar-refractivity contribution is 0.0716. The molecule has 5 nitrogen and oxygen atoms in total. The van der Waals surface area contributed by atoms with Crippen LogP contribution in [0.15, 0.2) is 35.8 Å². The highest BCUT2D eigenvalue weighted by atomic mass is 35.5. The number of amides is 1. The number of piperidine rings is 2. The molecule has 2 aliphatic heterocycles. The Morgan fingerprint density at radius 2 is 1.90 bits per heavy atom. The summed E-state index contributed by atoms with van der Waals surface area (Å²) in [5.41, 5.74) is 3.04. The highest BCUT2D eigenvalue weighted by molar-refractivity contribution is 7.15. The van der Waals surface area contributed by atoms with Gasteiger partial charge >= 0.3 is 0 Å². The molecule has 7 heteroatoms. The number of benzene rings is 1. The van der Waals surface area contributed by atoms with Crippen molar-refractivity contribution in [2.24, 2.45) is 0 Å². The number of aromatic nitrogens is 2. The summed E-state index contributed by atoms with van der Waals surface area (Å²) in [7, 11) is 0. The van der Waals surface area contributed by atoms with Crippen LogP contribution in [0.25, 0.3) is 4.96 Å².